The monoisotopic (exact) mass is 395 g/mol. The fraction of sp³-hybridized carbons (Fsp3) is 0.500. The average molecular weight is 395 g/mol. The first-order valence-corrected chi connectivity index (χ1v) is 10.6. The molecule has 0 spiro atoms. The lowest BCUT2D eigenvalue weighted by atomic mass is 10.0. The highest BCUT2D eigenvalue weighted by molar-refractivity contribution is 5.88. The van der Waals surface area contributed by atoms with Gasteiger partial charge in [0.05, 0.1) is 11.1 Å². The molecule has 0 atom stereocenters. The van der Waals surface area contributed by atoms with Gasteiger partial charge in [-0.25, -0.2) is 9.37 Å². The van der Waals surface area contributed by atoms with Gasteiger partial charge in [-0.15, -0.1) is 0 Å². The Hall–Kier alpha value is -2.54. The van der Waals surface area contributed by atoms with Crippen LogP contribution in [-0.4, -0.2) is 40.3 Å². The van der Waals surface area contributed by atoms with Gasteiger partial charge < -0.3 is 14.7 Å². The molecule has 3 aromatic rings. The number of hydrogen-bond acceptors (Lipinski definition) is 6. The van der Waals surface area contributed by atoms with Crippen molar-refractivity contribution in [2.24, 2.45) is 0 Å². The number of hydrogen-bond donors (Lipinski definition) is 1. The van der Waals surface area contributed by atoms with Crippen LogP contribution in [0.5, 0.6) is 0 Å². The molecule has 0 radical (unpaired) electrons. The Kier molecular flexibility index (Phi) is 4.91. The normalized spacial score (nSPS) is 18.8. The number of piperidine rings is 1. The summed E-state index contributed by atoms with van der Waals surface area (Å²) in [7, 11) is 0. The molecule has 0 amide bonds. The van der Waals surface area contributed by atoms with Gasteiger partial charge in [0, 0.05) is 37.5 Å². The molecule has 7 heteroatoms. The topological polar surface area (TPSA) is 67.1 Å². The number of anilines is 1. The van der Waals surface area contributed by atoms with Gasteiger partial charge in [-0.2, -0.15) is 4.98 Å². The second-order valence-corrected chi connectivity index (χ2v) is 8.24. The van der Waals surface area contributed by atoms with E-state index in [-0.39, 0.29) is 5.82 Å². The molecule has 3 heterocycles. The summed E-state index contributed by atoms with van der Waals surface area (Å²) in [4.78, 5) is 11.6. The molecule has 2 aliphatic rings. The zero-order chi connectivity index (χ0) is 19.8. The molecule has 1 saturated carbocycles. The number of nitrogens with zero attached hydrogens (tertiary/aromatic N) is 4. The standard InChI is InChI=1S/C22H26FN5O/c1-14-24-21(27-29-14)19-13-15-12-16(23)6-7-20(15)26-22(19)28-10-8-18(9-11-28)25-17-4-2-3-5-17/h6-7,12-13,17-18,25H,2-5,8-11H2,1H3. The second kappa shape index (κ2) is 7.71. The fourth-order valence-electron chi connectivity index (χ4n) is 4.64. The Balaban J connectivity index is 1.43. The summed E-state index contributed by atoms with van der Waals surface area (Å²) >= 11 is 0. The van der Waals surface area contributed by atoms with Crippen molar-refractivity contribution >= 4 is 16.7 Å². The minimum Gasteiger partial charge on any atom is -0.356 e. The lowest BCUT2D eigenvalue weighted by Crippen LogP contribution is -2.45. The summed E-state index contributed by atoms with van der Waals surface area (Å²) in [6.07, 6.45) is 7.50. The third kappa shape index (κ3) is 3.83. The maximum Gasteiger partial charge on any atom is 0.223 e. The highest BCUT2D eigenvalue weighted by Crippen LogP contribution is 2.33. The predicted molar refractivity (Wildman–Crippen MR) is 110 cm³/mol. The molecule has 152 valence electrons. The lowest BCUT2D eigenvalue weighted by molar-refractivity contribution is 0.367. The molecular formula is C22H26FN5O. The minimum absolute atomic E-state index is 0.277. The van der Waals surface area contributed by atoms with Crippen LogP contribution in [0.3, 0.4) is 0 Å². The summed E-state index contributed by atoms with van der Waals surface area (Å²) in [5.41, 5.74) is 1.57. The van der Waals surface area contributed by atoms with E-state index in [1.54, 1.807) is 13.0 Å². The quantitative estimate of drug-likeness (QED) is 0.713. The van der Waals surface area contributed by atoms with Crippen LogP contribution >= 0.6 is 0 Å². The van der Waals surface area contributed by atoms with E-state index in [1.807, 2.05) is 6.07 Å². The van der Waals surface area contributed by atoms with Crippen LogP contribution in [-0.2, 0) is 0 Å². The van der Waals surface area contributed by atoms with Crippen LogP contribution in [0, 0.1) is 12.7 Å². The van der Waals surface area contributed by atoms with Crippen LogP contribution in [0.1, 0.15) is 44.4 Å². The van der Waals surface area contributed by atoms with Crippen molar-refractivity contribution in [3.8, 4) is 11.4 Å². The maximum atomic E-state index is 13.7. The van der Waals surface area contributed by atoms with Gasteiger partial charge >= 0.3 is 0 Å². The number of halogens is 1. The second-order valence-electron chi connectivity index (χ2n) is 8.24. The van der Waals surface area contributed by atoms with E-state index in [1.165, 1.54) is 37.8 Å². The van der Waals surface area contributed by atoms with Crippen molar-refractivity contribution in [1.29, 1.82) is 0 Å². The summed E-state index contributed by atoms with van der Waals surface area (Å²) in [5, 5.41) is 8.68. The smallest absolute Gasteiger partial charge is 0.223 e. The van der Waals surface area contributed by atoms with Crippen molar-refractivity contribution in [3.05, 3.63) is 36.0 Å². The molecule has 2 fully saturated rings. The first-order valence-electron chi connectivity index (χ1n) is 10.6. The third-order valence-electron chi connectivity index (χ3n) is 6.15. The van der Waals surface area contributed by atoms with E-state index >= 15 is 0 Å². The fourth-order valence-corrected chi connectivity index (χ4v) is 4.64. The molecule has 5 rings (SSSR count). The van der Waals surface area contributed by atoms with Gasteiger partial charge in [0.1, 0.15) is 11.6 Å². The van der Waals surface area contributed by atoms with Crippen LogP contribution < -0.4 is 10.2 Å². The molecule has 0 unspecified atom stereocenters. The first-order chi connectivity index (χ1) is 14.2. The maximum absolute atomic E-state index is 13.7. The van der Waals surface area contributed by atoms with Crippen molar-refractivity contribution < 1.29 is 8.91 Å². The van der Waals surface area contributed by atoms with Crippen LogP contribution in [0.4, 0.5) is 10.2 Å². The zero-order valence-corrected chi connectivity index (χ0v) is 16.7. The summed E-state index contributed by atoms with van der Waals surface area (Å²) in [5.74, 6) is 1.58. The molecule has 29 heavy (non-hydrogen) atoms. The molecule has 1 aliphatic carbocycles. The number of rotatable bonds is 4. The number of aryl methyl sites for hydroxylation is 1. The number of pyridine rings is 1. The van der Waals surface area contributed by atoms with Crippen LogP contribution in [0.2, 0.25) is 0 Å². The van der Waals surface area contributed by atoms with Gasteiger partial charge in [-0.3, -0.25) is 0 Å². The van der Waals surface area contributed by atoms with Crippen LogP contribution in [0.25, 0.3) is 22.3 Å². The Bertz CT molecular complexity index is 1010. The van der Waals surface area contributed by atoms with Crippen molar-refractivity contribution in [2.45, 2.75) is 57.5 Å². The number of fused-ring (bicyclic) bond motifs is 1. The van der Waals surface area contributed by atoms with Crippen molar-refractivity contribution in [3.63, 3.8) is 0 Å². The Morgan fingerprint density at radius 2 is 1.79 bits per heavy atom. The minimum atomic E-state index is -0.277. The van der Waals surface area contributed by atoms with Gasteiger partial charge in [0.2, 0.25) is 11.7 Å². The van der Waals surface area contributed by atoms with E-state index in [0.717, 1.165) is 48.2 Å². The Morgan fingerprint density at radius 3 is 2.52 bits per heavy atom. The predicted octanol–water partition coefficient (Wildman–Crippen LogP) is 4.23. The molecule has 1 aliphatic heterocycles. The van der Waals surface area contributed by atoms with Crippen molar-refractivity contribution in [1.82, 2.24) is 20.4 Å². The van der Waals surface area contributed by atoms with Gasteiger partial charge in [0.25, 0.3) is 0 Å². The molecular weight excluding hydrogens is 369 g/mol. The van der Waals surface area contributed by atoms with E-state index in [0.29, 0.717) is 23.8 Å². The number of benzene rings is 1. The zero-order valence-electron chi connectivity index (χ0n) is 16.7. The Labute approximate surface area is 169 Å². The summed E-state index contributed by atoms with van der Waals surface area (Å²) in [6.45, 7) is 3.62. The largest absolute Gasteiger partial charge is 0.356 e. The van der Waals surface area contributed by atoms with Gasteiger partial charge in [0.15, 0.2) is 0 Å². The van der Waals surface area contributed by atoms with E-state index in [2.05, 4.69) is 20.4 Å². The number of nitrogens with one attached hydrogen (secondary N) is 1. The molecule has 1 aromatic carbocycles. The highest BCUT2D eigenvalue weighted by Gasteiger charge is 2.26. The van der Waals surface area contributed by atoms with Crippen molar-refractivity contribution in [2.75, 3.05) is 18.0 Å². The molecule has 2 aromatic heterocycles. The lowest BCUT2D eigenvalue weighted by Gasteiger charge is -2.35. The Morgan fingerprint density at radius 1 is 1.03 bits per heavy atom. The van der Waals surface area contributed by atoms with E-state index in [9.17, 15) is 4.39 Å². The average Bonchev–Trinajstić information content (AvgIpc) is 3.39. The van der Waals surface area contributed by atoms with Gasteiger partial charge in [-0.05, 0) is 49.9 Å². The molecule has 6 nitrogen and oxygen atoms in total. The molecule has 1 saturated heterocycles. The van der Waals surface area contributed by atoms with Crippen LogP contribution in [0.15, 0.2) is 28.8 Å². The third-order valence-corrected chi connectivity index (χ3v) is 6.15. The molecule has 0 bridgehead atoms. The highest BCUT2D eigenvalue weighted by atomic mass is 19.1. The molecule has 1 N–H and O–H groups in total. The van der Waals surface area contributed by atoms with E-state index < -0.39 is 0 Å². The summed E-state index contributed by atoms with van der Waals surface area (Å²) < 4.78 is 18.9. The summed E-state index contributed by atoms with van der Waals surface area (Å²) in [6, 6.07) is 7.87. The first kappa shape index (κ1) is 18.5. The SMILES string of the molecule is Cc1nc(-c2cc3cc(F)ccc3nc2N2CCC(NC3CCCC3)CC2)no1. The van der Waals surface area contributed by atoms with Gasteiger partial charge in [-0.1, -0.05) is 18.0 Å². The number of aromatic nitrogens is 3. The van der Waals surface area contributed by atoms with E-state index in [4.69, 9.17) is 9.51 Å².